The van der Waals surface area contributed by atoms with E-state index >= 15 is 0 Å². The molecule has 1 aromatic heterocycles. The second kappa shape index (κ2) is 7.57. The maximum absolute atomic E-state index is 13.0. The van der Waals surface area contributed by atoms with Gasteiger partial charge in [0.25, 0.3) is 0 Å². The van der Waals surface area contributed by atoms with Crippen molar-refractivity contribution in [3.63, 3.8) is 0 Å². The highest BCUT2D eigenvalue weighted by molar-refractivity contribution is 7.89. The van der Waals surface area contributed by atoms with Gasteiger partial charge in [0.1, 0.15) is 10.4 Å². The third kappa shape index (κ3) is 3.53. The van der Waals surface area contributed by atoms with E-state index in [1.165, 1.54) is 32.1 Å². The summed E-state index contributed by atoms with van der Waals surface area (Å²) in [4.78, 5) is 2.65. The van der Waals surface area contributed by atoms with Gasteiger partial charge in [0.15, 0.2) is 5.52 Å². The van der Waals surface area contributed by atoms with Crippen molar-refractivity contribution in [2.24, 2.45) is 0 Å². The van der Waals surface area contributed by atoms with Crippen LogP contribution in [0.4, 0.5) is 0 Å². The van der Waals surface area contributed by atoms with Crippen LogP contribution >= 0.6 is 12.4 Å². The zero-order valence-electron chi connectivity index (χ0n) is 14.0. The second-order valence-electron chi connectivity index (χ2n) is 6.62. The molecule has 138 valence electrons. The topological polar surface area (TPSA) is 79.5 Å². The molecule has 2 aliphatic rings. The summed E-state index contributed by atoms with van der Waals surface area (Å²) in [6, 6.07) is 5.59. The van der Waals surface area contributed by atoms with Crippen molar-refractivity contribution < 1.29 is 13.0 Å². The van der Waals surface area contributed by atoms with Gasteiger partial charge in [-0.25, -0.2) is 13.0 Å². The van der Waals surface area contributed by atoms with Crippen LogP contribution in [0.2, 0.25) is 0 Å². The third-order valence-electron chi connectivity index (χ3n) is 5.23. The molecule has 7 nitrogen and oxygen atoms in total. The summed E-state index contributed by atoms with van der Waals surface area (Å²) in [6.07, 6.45) is 6.42. The normalized spacial score (nSPS) is 21.3. The minimum Gasteiger partial charge on any atom is -0.298 e. The Bertz CT molecular complexity index is 812. The quantitative estimate of drug-likeness (QED) is 0.805. The van der Waals surface area contributed by atoms with Gasteiger partial charge in [-0.1, -0.05) is 25.3 Å². The van der Waals surface area contributed by atoms with Gasteiger partial charge in [-0.2, -0.15) is 4.31 Å². The zero-order chi connectivity index (χ0) is 16.6. The molecule has 1 aliphatic carbocycles. The number of fused-ring (bicyclic) bond motifs is 1. The van der Waals surface area contributed by atoms with E-state index < -0.39 is 10.0 Å². The maximum atomic E-state index is 13.0. The molecule has 1 saturated heterocycles. The van der Waals surface area contributed by atoms with Crippen LogP contribution in [0, 0.1) is 0 Å². The lowest BCUT2D eigenvalue weighted by atomic mass is 9.94. The molecule has 0 amide bonds. The molecule has 25 heavy (non-hydrogen) atoms. The van der Waals surface area contributed by atoms with E-state index in [-0.39, 0.29) is 17.3 Å². The minimum absolute atomic E-state index is 0. The predicted octanol–water partition coefficient (Wildman–Crippen LogP) is 2.28. The Hall–Kier alpha value is -1.22. The van der Waals surface area contributed by atoms with E-state index in [0.717, 1.165) is 13.1 Å². The number of hydrogen-bond donors (Lipinski definition) is 0. The minimum atomic E-state index is -3.57. The van der Waals surface area contributed by atoms with Crippen LogP contribution in [0.1, 0.15) is 32.1 Å². The Labute approximate surface area is 153 Å². The van der Waals surface area contributed by atoms with Gasteiger partial charge in [0, 0.05) is 32.2 Å². The Morgan fingerprint density at radius 3 is 2.44 bits per heavy atom. The number of rotatable bonds is 3. The molecule has 1 saturated carbocycles. The fourth-order valence-corrected chi connectivity index (χ4v) is 5.44. The van der Waals surface area contributed by atoms with Gasteiger partial charge in [0.05, 0.1) is 0 Å². The molecular weight excluding hydrogens is 364 g/mol. The van der Waals surface area contributed by atoms with Crippen molar-refractivity contribution in [1.29, 1.82) is 0 Å². The highest BCUT2D eigenvalue weighted by atomic mass is 35.5. The summed E-state index contributed by atoms with van der Waals surface area (Å²) >= 11 is 0. The zero-order valence-corrected chi connectivity index (χ0v) is 15.6. The van der Waals surface area contributed by atoms with Gasteiger partial charge in [-0.3, -0.25) is 4.90 Å². The number of nitrogens with zero attached hydrogens (tertiary/aromatic N) is 4. The molecule has 0 N–H and O–H groups in total. The Kier molecular flexibility index (Phi) is 5.62. The van der Waals surface area contributed by atoms with Gasteiger partial charge in [-0.15, -0.1) is 12.4 Å². The van der Waals surface area contributed by atoms with E-state index in [1.54, 1.807) is 22.5 Å². The van der Waals surface area contributed by atoms with Gasteiger partial charge < -0.3 is 0 Å². The molecule has 0 spiro atoms. The average Bonchev–Trinajstić information content (AvgIpc) is 3.11. The fraction of sp³-hybridized carbons (Fsp3) is 0.625. The fourth-order valence-electron chi connectivity index (χ4n) is 3.88. The molecule has 2 heterocycles. The first kappa shape index (κ1) is 18.6. The lowest BCUT2D eigenvalue weighted by molar-refractivity contribution is 0.111. The second-order valence-corrected chi connectivity index (χ2v) is 8.53. The van der Waals surface area contributed by atoms with Gasteiger partial charge in [0.2, 0.25) is 10.0 Å². The predicted molar refractivity (Wildman–Crippen MR) is 96.3 cm³/mol. The van der Waals surface area contributed by atoms with Crippen molar-refractivity contribution in [1.82, 2.24) is 19.5 Å². The molecule has 1 aromatic carbocycles. The number of aromatic nitrogens is 2. The summed E-state index contributed by atoms with van der Waals surface area (Å²) in [7, 11) is -3.57. The number of hydrogen-bond acceptors (Lipinski definition) is 6. The van der Waals surface area contributed by atoms with Crippen molar-refractivity contribution in [2.45, 2.75) is 43.0 Å². The molecule has 9 heteroatoms. The lowest BCUT2D eigenvalue weighted by Crippen LogP contribution is -2.52. The Morgan fingerprint density at radius 1 is 1.00 bits per heavy atom. The number of benzene rings is 1. The molecule has 0 radical (unpaired) electrons. The first-order valence-corrected chi connectivity index (χ1v) is 10.1. The molecule has 0 unspecified atom stereocenters. The standard InChI is InChI=1S/C16H22N4O3S.ClH/c21-24(22,15-8-4-7-14-16(15)18-23-17-14)20-11-9-19(10-12-20)13-5-2-1-3-6-13;/h4,7-8,13H,1-3,5-6,9-12H2;1H. The van der Waals surface area contributed by atoms with Crippen molar-refractivity contribution >= 4 is 33.5 Å². The van der Waals surface area contributed by atoms with Crippen LogP contribution in [0.5, 0.6) is 0 Å². The van der Waals surface area contributed by atoms with E-state index in [4.69, 9.17) is 4.63 Å². The molecular formula is C16H23ClN4O3S. The molecule has 0 atom stereocenters. The number of halogens is 1. The first-order chi connectivity index (χ1) is 11.7. The maximum Gasteiger partial charge on any atom is 0.245 e. The van der Waals surface area contributed by atoms with Crippen molar-refractivity contribution in [2.75, 3.05) is 26.2 Å². The molecule has 2 fully saturated rings. The Balaban J connectivity index is 0.00000182. The summed E-state index contributed by atoms with van der Waals surface area (Å²) in [6.45, 7) is 2.66. The van der Waals surface area contributed by atoms with Crippen molar-refractivity contribution in [3.8, 4) is 0 Å². The van der Waals surface area contributed by atoms with Gasteiger partial charge >= 0.3 is 0 Å². The largest absolute Gasteiger partial charge is 0.298 e. The van der Waals surface area contributed by atoms with Crippen LogP contribution in [-0.4, -0.2) is 60.2 Å². The third-order valence-corrected chi connectivity index (χ3v) is 7.16. The van der Waals surface area contributed by atoms with Crippen LogP contribution in [-0.2, 0) is 10.0 Å². The van der Waals surface area contributed by atoms with Crippen LogP contribution in [0.15, 0.2) is 27.7 Å². The Morgan fingerprint density at radius 2 is 1.72 bits per heavy atom. The van der Waals surface area contributed by atoms with E-state index in [9.17, 15) is 8.42 Å². The van der Waals surface area contributed by atoms with Gasteiger partial charge in [-0.05, 0) is 35.3 Å². The molecule has 4 rings (SSSR count). The highest BCUT2D eigenvalue weighted by Gasteiger charge is 2.33. The lowest BCUT2D eigenvalue weighted by Gasteiger charge is -2.40. The summed E-state index contributed by atoms with van der Waals surface area (Å²) in [5.74, 6) is 0. The van der Waals surface area contributed by atoms with E-state index in [1.807, 2.05) is 0 Å². The monoisotopic (exact) mass is 386 g/mol. The molecule has 2 aromatic rings. The summed E-state index contributed by atoms with van der Waals surface area (Å²) in [5.41, 5.74) is 0.782. The summed E-state index contributed by atoms with van der Waals surface area (Å²) in [5, 5.41) is 7.50. The molecule has 0 bridgehead atoms. The van der Waals surface area contributed by atoms with Crippen molar-refractivity contribution in [3.05, 3.63) is 18.2 Å². The average molecular weight is 387 g/mol. The van der Waals surface area contributed by atoms with Crippen LogP contribution in [0.3, 0.4) is 0 Å². The van der Waals surface area contributed by atoms with E-state index in [2.05, 4.69) is 15.2 Å². The number of sulfonamides is 1. The van der Waals surface area contributed by atoms with E-state index in [0.29, 0.717) is 30.2 Å². The number of piperazine rings is 1. The van der Waals surface area contributed by atoms with Crippen LogP contribution in [0.25, 0.3) is 11.0 Å². The summed E-state index contributed by atoms with van der Waals surface area (Å²) < 4.78 is 32.2. The smallest absolute Gasteiger partial charge is 0.245 e. The SMILES string of the molecule is Cl.O=S(=O)(c1cccc2nonc12)N1CCN(C2CCCCC2)CC1. The highest BCUT2D eigenvalue weighted by Crippen LogP contribution is 2.27. The first-order valence-electron chi connectivity index (χ1n) is 8.62. The molecule has 1 aliphatic heterocycles. The van der Waals surface area contributed by atoms with Crippen LogP contribution < -0.4 is 0 Å².